The van der Waals surface area contributed by atoms with Gasteiger partial charge >= 0.3 is 5.97 Å². The lowest BCUT2D eigenvalue weighted by atomic mass is 10.1. The molecule has 2 rings (SSSR count). The highest BCUT2D eigenvalue weighted by atomic mass is 16.5. The average molecular weight is 275 g/mol. The van der Waals surface area contributed by atoms with Crippen molar-refractivity contribution < 1.29 is 14.6 Å². The predicted octanol–water partition coefficient (Wildman–Crippen LogP) is 1.05. The van der Waals surface area contributed by atoms with Crippen LogP contribution in [0, 0.1) is 0 Å². The van der Waals surface area contributed by atoms with E-state index in [2.05, 4.69) is 5.32 Å². The zero-order valence-electron chi connectivity index (χ0n) is 10.8. The summed E-state index contributed by atoms with van der Waals surface area (Å²) in [6, 6.07) is 6.57. The summed E-state index contributed by atoms with van der Waals surface area (Å²) in [4.78, 5) is 33.3. The number of anilines is 2. The molecule has 0 atom stereocenters. The number of carboxylic acid groups (broad SMARTS) is 1. The minimum atomic E-state index is -0.910. The van der Waals surface area contributed by atoms with Gasteiger partial charge in [-0.1, -0.05) is 12.1 Å². The first-order valence-electron chi connectivity index (χ1n) is 6.06. The van der Waals surface area contributed by atoms with E-state index < -0.39 is 16.8 Å². The number of carboxylic acids is 1. The monoisotopic (exact) mass is 275 g/mol. The first kappa shape index (κ1) is 13.8. The Labute approximate surface area is 114 Å². The molecule has 0 spiro atoms. The molecule has 0 amide bonds. The minimum Gasteiger partial charge on any atom is -0.488 e. The van der Waals surface area contributed by atoms with Crippen molar-refractivity contribution in [1.29, 1.82) is 0 Å². The van der Waals surface area contributed by atoms with Gasteiger partial charge in [0.25, 0.3) is 10.9 Å². The van der Waals surface area contributed by atoms with Gasteiger partial charge in [0.2, 0.25) is 0 Å². The molecule has 6 heteroatoms. The summed E-state index contributed by atoms with van der Waals surface area (Å²) < 4.78 is 5.09. The van der Waals surface area contributed by atoms with Gasteiger partial charge in [-0.15, -0.1) is 0 Å². The maximum atomic E-state index is 11.4. The SMILES string of the molecule is CCOc1c(Nc2ccc(CC(=O)O)cc2)c(=O)c1=O. The van der Waals surface area contributed by atoms with E-state index >= 15 is 0 Å². The summed E-state index contributed by atoms with van der Waals surface area (Å²) >= 11 is 0. The molecule has 20 heavy (non-hydrogen) atoms. The molecule has 0 aromatic heterocycles. The molecular formula is C14H13NO5. The van der Waals surface area contributed by atoms with Gasteiger partial charge in [-0.2, -0.15) is 0 Å². The lowest BCUT2D eigenvalue weighted by molar-refractivity contribution is -0.136. The second-order valence-corrected chi connectivity index (χ2v) is 4.19. The van der Waals surface area contributed by atoms with E-state index in [-0.39, 0.29) is 17.9 Å². The molecule has 0 bridgehead atoms. The number of hydrogen-bond donors (Lipinski definition) is 2. The molecule has 0 unspecified atom stereocenters. The maximum absolute atomic E-state index is 11.4. The molecule has 0 aliphatic rings. The Morgan fingerprint density at radius 1 is 1.20 bits per heavy atom. The molecule has 0 radical (unpaired) electrons. The van der Waals surface area contributed by atoms with E-state index in [1.165, 1.54) is 0 Å². The summed E-state index contributed by atoms with van der Waals surface area (Å²) in [7, 11) is 0. The van der Waals surface area contributed by atoms with Crippen molar-refractivity contribution in [2.45, 2.75) is 13.3 Å². The van der Waals surface area contributed by atoms with Crippen LogP contribution >= 0.6 is 0 Å². The van der Waals surface area contributed by atoms with Crippen LogP contribution in [0.4, 0.5) is 11.4 Å². The fraction of sp³-hybridized carbons (Fsp3) is 0.214. The molecular weight excluding hydrogens is 262 g/mol. The van der Waals surface area contributed by atoms with Crippen LogP contribution in [0.3, 0.4) is 0 Å². The van der Waals surface area contributed by atoms with Crippen LogP contribution in [-0.4, -0.2) is 17.7 Å². The van der Waals surface area contributed by atoms with Crippen molar-refractivity contribution >= 4 is 17.3 Å². The zero-order valence-corrected chi connectivity index (χ0v) is 10.8. The highest BCUT2D eigenvalue weighted by molar-refractivity contribution is 5.72. The largest absolute Gasteiger partial charge is 0.488 e. The molecule has 104 valence electrons. The molecule has 2 aromatic rings. The maximum Gasteiger partial charge on any atom is 0.307 e. The quantitative estimate of drug-likeness (QED) is 0.765. The van der Waals surface area contributed by atoms with Crippen LogP contribution in [-0.2, 0) is 11.2 Å². The van der Waals surface area contributed by atoms with E-state index in [1.807, 2.05) is 0 Å². The topological polar surface area (TPSA) is 92.7 Å². The van der Waals surface area contributed by atoms with Crippen molar-refractivity contribution in [1.82, 2.24) is 0 Å². The standard InChI is InChI=1S/C14H13NO5/c1-2-20-14-11(12(18)13(14)19)15-9-5-3-8(4-6-9)7-10(16)17/h3-6,15H,2,7H2,1H3,(H,16,17). The number of carbonyl (C=O) groups is 1. The van der Waals surface area contributed by atoms with Gasteiger partial charge in [0.1, 0.15) is 5.69 Å². The number of benzene rings is 1. The third kappa shape index (κ3) is 2.69. The van der Waals surface area contributed by atoms with Crippen molar-refractivity contribution in [3.8, 4) is 5.75 Å². The molecule has 0 aliphatic heterocycles. The van der Waals surface area contributed by atoms with E-state index in [0.29, 0.717) is 17.9 Å². The van der Waals surface area contributed by atoms with E-state index in [0.717, 1.165) is 0 Å². The molecule has 0 fully saturated rings. The van der Waals surface area contributed by atoms with Gasteiger partial charge in [0.15, 0.2) is 5.75 Å². The van der Waals surface area contributed by atoms with Crippen molar-refractivity contribution in [2.75, 3.05) is 11.9 Å². The molecule has 0 saturated carbocycles. The first-order valence-corrected chi connectivity index (χ1v) is 6.06. The highest BCUT2D eigenvalue weighted by Crippen LogP contribution is 2.22. The smallest absolute Gasteiger partial charge is 0.307 e. The molecule has 0 heterocycles. The number of nitrogens with one attached hydrogen (secondary N) is 1. The third-order valence-corrected chi connectivity index (χ3v) is 2.73. The van der Waals surface area contributed by atoms with Crippen LogP contribution in [0.15, 0.2) is 33.9 Å². The number of aliphatic carboxylic acids is 1. The normalized spacial score (nSPS) is 10.4. The molecule has 0 aliphatic carbocycles. The summed E-state index contributed by atoms with van der Waals surface area (Å²) in [5, 5.41) is 11.5. The number of hydrogen-bond acceptors (Lipinski definition) is 5. The lowest BCUT2D eigenvalue weighted by Crippen LogP contribution is -2.35. The summed E-state index contributed by atoms with van der Waals surface area (Å²) in [6.45, 7) is 2.03. The Morgan fingerprint density at radius 2 is 1.85 bits per heavy atom. The van der Waals surface area contributed by atoms with Gasteiger partial charge in [0, 0.05) is 5.69 Å². The lowest BCUT2D eigenvalue weighted by Gasteiger charge is -2.13. The third-order valence-electron chi connectivity index (χ3n) is 2.73. The molecule has 0 saturated heterocycles. The van der Waals surface area contributed by atoms with E-state index in [9.17, 15) is 14.4 Å². The van der Waals surface area contributed by atoms with Crippen molar-refractivity contribution in [2.24, 2.45) is 0 Å². The molecule has 2 N–H and O–H groups in total. The van der Waals surface area contributed by atoms with Crippen LogP contribution in [0.2, 0.25) is 0 Å². The predicted molar refractivity (Wildman–Crippen MR) is 73.6 cm³/mol. The van der Waals surface area contributed by atoms with Gasteiger partial charge < -0.3 is 15.2 Å². The fourth-order valence-corrected chi connectivity index (χ4v) is 1.79. The van der Waals surface area contributed by atoms with Crippen LogP contribution in [0.1, 0.15) is 12.5 Å². The Morgan fingerprint density at radius 3 is 2.40 bits per heavy atom. The Kier molecular flexibility index (Phi) is 3.84. The summed E-state index contributed by atoms with van der Waals surface area (Å²) in [5.74, 6) is -0.862. The number of rotatable bonds is 6. The van der Waals surface area contributed by atoms with Gasteiger partial charge in [0.05, 0.1) is 13.0 Å². The van der Waals surface area contributed by atoms with Gasteiger partial charge in [-0.05, 0) is 24.6 Å². The second-order valence-electron chi connectivity index (χ2n) is 4.19. The molecule has 6 nitrogen and oxygen atoms in total. The fourth-order valence-electron chi connectivity index (χ4n) is 1.79. The Hall–Kier alpha value is -2.63. The summed E-state index contributed by atoms with van der Waals surface area (Å²) in [5.41, 5.74) is 0.146. The van der Waals surface area contributed by atoms with Crippen LogP contribution < -0.4 is 20.9 Å². The molecule has 2 aromatic carbocycles. The van der Waals surface area contributed by atoms with Crippen LogP contribution in [0.5, 0.6) is 5.75 Å². The number of ether oxygens (including phenoxy) is 1. The Balaban J connectivity index is 2.15. The Bertz CT molecular complexity index is 695. The van der Waals surface area contributed by atoms with E-state index in [4.69, 9.17) is 9.84 Å². The minimum absolute atomic E-state index is 0.0483. The second kappa shape index (κ2) is 5.56. The summed E-state index contributed by atoms with van der Waals surface area (Å²) in [6.07, 6.45) is -0.0649. The van der Waals surface area contributed by atoms with Gasteiger partial charge in [-0.25, -0.2) is 0 Å². The average Bonchev–Trinajstić information content (AvgIpc) is 2.43. The highest BCUT2D eigenvalue weighted by Gasteiger charge is 2.22. The van der Waals surface area contributed by atoms with E-state index in [1.54, 1.807) is 31.2 Å². The van der Waals surface area contributed by atoms with Crippen LogP contribution in [0.25, 0.3) is 0 Å². The first-order chi connectivity index (χ1) is 9.52. The van der Waals surface area contributed by atoms with Gasteiger partial charge in [-0.3, -0.25) is 14.4 Å². The van der Waals surface area contributed by atoms with Crippen molar-refractivity contribution in [3.63, 3.8) is 0 Å². The zero-order chi connectivity index (χ0) is 14.7. The van der Waals surface area contributed by atoms with Crippen molar-refractivity contribution in [3.05, 3.63) is 50.3 Å².